The van der Waals surface area contributed by atoms with Gasteiger partial charge in [-0.3, -0.25) is 4.79 Å². The lowest BCUT2D eigenvalue weighted by Gasteiger charge is -2.23. The van der Waals surface area contributed by atoms with Crippen LogP contribution in [0.2, 0.25) is 0 Å². The Morgan fingerprint density at radius 2 is 2.13 bits per heavy atom. The summed E-state index contributed by atoms with van der Waals surface area (Å²) in [5.41, 5.74) is 3.39. The van der Waals surface area contributed by atoms with E-state index in [2.05, 4.69) is 39.5 Å². The molecule has 31 heavy (non-hydrogen) atoms. The quantitative estimate of drug-likeness (QED) is 0.506. The number of benzene rings is 1. The summed E-state index contributed by atoms with van der Waals surface area (Å²) in [6.07, 6.45) is 3.83. The van der Waals surface area contributed by atoms with E-state index in [0.717, 1.165) is 42.6 Å². The Hall–Kier alpha value is -3.20. The van der Waals surface area contributed by atoms with Gasteiger partial charge in [-0.1, -0.05) is 38.1 Å². The van der Waals surface area contributed by atoms with Crippen molar-refractivity contribution in [3.05, 3.63) is 47.2 Å². The second-order valence-corrected chi connectivity index (χ2v) is 8.10. The van der Waals surface area contributed by atoms with Gasteiger partial charge in [0.1, 0.15) is 6.10 Å². The van der Waals surface area contributed by atoms with Crippen LogP contribution in [-0.4, -0.2) is 49.9 Å². The van der Waals surface area contributed by atoms with Crippen molar-refractivity contribution in [2.75, 3.05) is 18.4 Å². The van der Waals surface area contributed by atoms with E-state index in [-0.39, 0.29) is 18.4 Å². The lowest BCUT2D eigenvalue weighted by atomic mass is 10.0. The third-order valence-corrected chi connectivity index (χ3v) is 5.42. The number of nitrogens with zero attached hydrogens (tertiary/aromatic N) is 4. The van der Waals surface area contributed by atoms with Crippen LogP contribution >= 0.6 is 0 Å². The van der Waals surface area contributed by atoms with Gasteiger partial charge in [0.05, 0.1) is 12.6 Å². The molecule has 4 rings (SSSR count). The maximum absolute atomic E-state index is 11.2. The molecule has 9 nitrogen and oxygen atoms in total. The highest BCUT2D eigenvalue weighted by Gasteiger charge is 2.20. The minimum absolute atomic E-state index is 0.0284. The van der Waals surface area contributed by atoms with Gasteiger partial charge in [-0.05, 0) is 36.4 Å². The van der Waals surface area contributed by atoms with E-state index in [1.165, 1.54) is 0 Å². The SMILES string of the molecule is CC(C)c1cnn2c(NCc3ccccc3CC(=O)O)nc(O[C@@H]3CCCNC3)nc12. The van der Waals surface area contributed by atoms with Gasteiger partial charge in [0.15, 0.2) is 5.65 Å². The second kappa shape index (κ2) is 9.30. The largest absolute Gasteiger partial charge is 0.481 e. The summed E-state index contributed by atoms with van der Waals surface area (Å²) < 4.78 is 7.77. The third-order valence-electron chi connectivity index (χ3n) is 5.42. The Morgan fingerprint density at radius 3 is 2.84 bits per heavy atom. The predicted octanol–water partition coefficient (Wildman–Crippen LogP) is 2.62. The molecule has 3 aromatic rings. The Bertz CT molecular complexity index is 1060. The Kier molecular flexibility index (Phi) is 6.31. The summed E-state index contributed by atoms with van der Waals surface area (Å²) in [5, 5.41) is 20.3. The van der Waals surface area contributed by atoms with E-state index >= 15 is 0 Å². The van der Waals surface area contributed by atoms with Crippen molar-refractivity contribution in [1.82, 2.24) is 24.9 Å². The summed E-state index contributed by atoms with van der Waals surface area (Å²) in [6.45, 7) is 6.38. The molecule has 0 bridgehead atoms. The first-order valence-corrected chi connectivity index (χ1v) is 10.7. The number of aliphatic carboxylic acids is 1. The first kappa shape index (κ1) is 21.0. The second-order valence-electron chi connectivity index (χ2n) is 8.10. The van der Waals surface area contributed by atoms with Crippen LogP contribution in [0.15, 0.2) is 30.5 Å². The monoisotopic (exact) mass is 424 g/mol. The van der Waals surface area contributed by atoms with Crippen molar-refractivity contribution < 1.29 is 14.6 Å². The van der Waals surface area contributed by atoms with Gasteiger partial charge in [-0.25, -0.2) is 0 Å². The van der Waals surface area contributed by atoms with E-state index in [9.17, 15) is 9.90 Å². The fourth-order valence-electron chi connectivity index (χ4n) is 3.76. The fourth-order valence-corrected chi connectivity index (χ4v) is 3.76. The van der Waals surface area contributed by atoms with E-state index in [4.69, 9.17) is 4.74 Å². The number of hydrogen-bond donors (Lipinski definition) is 3. The molecular weight excluding hydrogens is 396 g/mol. The first-order valence-electron chi connectivity index (χ1n) is 10.7. The molecule has 0 radical (unpaired) electrons. The van der Waals surface area contributed by atoms with E-state index in [1.807, 2.05) is 30.5 Å². The van der Waals surface area contributed by atoms with Crippen LogP contribution < -0.4 is 15.4 Å². The highest BCUT2D eigenvalue weighted by Crippen LogP contribution is 2.24. The zero-order valence-corrected chi connectivity index (χ0v) is 17.8. The number of carbonyl (C=O) groups is 1. The van der Waals surface area contributed by atoms with Crippen LogP contribution in [-0.2, 0) is 17.8 Å². The number of aromatic nitrogens is 4. The maximum Gasteiger partial charge on any atom is 0.322 e. The zero-order valence-electron chi connectivity index (χ0n) is 17.8. The number of nitrogens with one attached hydrogen (secondary N) is 2. The topological polar surface area (TPSA) is 114 Å². The molecule has 0 saturated carbocycles. The van der Waals surface area contributed by atoms with Crippen molar-refractivity contribution in [3.63, 3.8) is 0 Å². The molecule has 0 spiro atoms. The van der Waals surface area contributed by atoms with Gasteiger partial charge in [-0.15, -0.1) is 0 Å². The maximum atomic E-state index is 11.2. The Balaban J connectivity index is 1.63. The standard InChI is InChI=1S/C22H28N6O3/c1-14(2)18-13-25-28-20(18)26-22(31-17-8-5-9-23-12-17)27-21(28)24-11-16-7-4-3-6-15(16)10-19(29)30/h3-4,6-7,13-14,17,23H,5,8-12H2,1-2H3,(H,29,30)(H,24,26,27)/t17-/m1/s1. The molecule has 3 heterocycles. The van der Waals surface area contributed by atoms with Gasteiger partial charge in [-0.2, -0.15) is 19.6 Å². The summed E-state index contributed by atoms with van der Waals surface area (Å²) >= 11 is 0. The molecule has 3 N–H and O–H groups in total. The number of anilines is 1. The van der Waals surface area contributed by atoms with Gasteiger partial charge in [0, 0.05) is 18.7 Å². The van der Waals surface area contributed by atoms with Gasteiger partial charge >= 0.3 is 12.0 Å². The van der Waals surface area contributed by atoms with Crippen molar-refractivity contribution in [2.24, 2.45) is 0 Å². The van der Waals surface area contributed by atoms with Crippen molar-refractivity contribution in [1.29, 1.82) is 0 Å². The highest BCUT2D eigenvalue weighted by atomic mass is 16.5. The van der Waals surface area contributed by atoms with Crippen LogP contribution in [0.5, 0.6) is 6.01 Å². The number of carboxylic acids is 1. The van der Waals surface area contributed by atoms with Crippen LogP contribution in [0, 0.1) is 0 Å². The number of carboxylic acid groups (broad SMARTS) is 1. The molecule has 1 aromatic carbocycles. The molecule has 1 saturated heterocycles. The van der Waals surface area contributed by atoms with E-state index in [1.54, 1.807) is 4.52 Å². The van der Waals surface area contributed by atoms with Gasteiger partial charge in [0.25, 0.3) is 0 Å². The molecule has 0 unspecified atom stereocenters. The molecule has 0 aliphatic carbocycles. The van der Waals surface area contributed by atoms with E-state index < -0.39 is 5.97 Å². The Morgan fingerprint density at radius 1 is 1.32 bits per heavy atom. The summed E-state index contributed by atoms with van der Waals surface area (Å²) in [4.78, 5) is 20.4. The zero-order chi connectivity index (χ0) is 21.8. The molecule has 9 heteroatoms. The van der Waals surface area contributed by atoms with Crippen molar-refractivity contribution in [2.45, 2.75) is 51.7 Å². The van der Waals surface area contributed by atoms with Crippen molar-refractivity contribution >= 4 is 17.6 Å². The fraction of sp³-hybridized carbons (Fsp3) is 0.455. The first-order chi connectivity index (χ1) is 15.0. The van der Waals surface area contributed by atoms with E-state index in [0.29, 0.717) is 24.2 Å². The number of hydrogen-bond acceptors (Lipinski definition) is 7. The highest BCUT2D eigenvalue weighted by molar-refractivity contribution is 5.70. The van der Waals surface area contributed by atoms with Crippen molar-refractivity contribution in [3.8, 4) is 6.01 Å². The molecule has 1 aliphatic rings. The molecule has 0 amide bonds. The minimum Gasteiger partial charge on any atom is -0.481 e. The number of fused-ring (bicyclic) bond motifs is 1. The van der Waals surface area contributed by atoms with Gasteiger partial charge in [0.2, 0.25) is 5.95 Å². The molecule has 2 aromatic heterocycles. The molecule has 1 aliphatic heterocycles. The average molecular weight is 425 g/mol. The summed E-state index contributed by atoms with van der Waals surface area (Å²) in [7, 11) is 0. The normalized spacial score (nSPS) is 16.5. The summed E-state index contributed by atoms with van der Waals surface area (Å²) in [6, 6.07) is 7.81. The smallest absolute Gasteiger partial charge is 0.322 e. The number of piperidine rings is 1. The molecule has 1 fully saturated rings. The lowest BCUT2D eigenvalue weighted by Crippen LogP contribution is -2.37. The Labute approximate surface area is 180 Å². The predicted molar refractivity (Wildman–Crippen MR) is 116 cm³/mol. The van der Waals surface area contributed by atoms with Gasteiger partial charge < -0.3 is 20.5 Å². The van der Waals surface area contributed by atoms with Crippen LogP contribution in [0.4, 0.5) is 5.95 Å². The minimum atomic E-state index is -0.859. The van der Waals surface area contributed by atoms with Crippen LogP contribution in [0.25, 0.3) is 5.65 Å². The number of ether oxygens (including phenoxy) is 1. The average Bonchev–Trinajstić information content (AvgIpc) is 3.18. The molecule has 1 atom stereocenters. The summed E-state index contributed by atoms with van der Waals surface area (Å²) in [5.74, 6) is -0.0937. The third kappa shape index (κ3) is 4.93. The van der Waals surface area contributed by atoms with Crippen LogP contribution in [0.1, 0.15) is 49.3 Å². The van der Waals surface area contributed by atoms with Crippen LogP contribution in [0.3, 0.4) is 0 Å². The number of rotatable bonds is 8. The molecular formula is C22H28N6O3. The lowest BCUT2D eigenvalue weighted by molar-refractivity contribution is -0.136. The molecule has 164 valence electrons.